The highest BCUT2D eigenvalue weighted by atomic mass is 32.2. The van der Waals surface area contributed by atoms with Gasteiger partial charge >= 0.3 is 0 Å². The smallest absolute Gasteiger partial charge is 0.223 e. The Hall–Kier alpha value is -2.08. The number of rotatable bonds is 4. The van der Waals surface area contributed by atoms with E-state index in [2.05, 4.69) is 10.2 Å². The predicted molar refractivity (Wildman–Crippen MR) is 71.1 cm³/mol. The lowest BCUT2D eigenvalue weighted by Gasteiger charge is -2.10. The number of hydrogen-bond donors (Lipinski definition) is 0. The minimum atomic E-state index is -3.84. The van der Waals surface area contributed by atoms with Crippen molar-refractivity contribution in [3.8, 4) is 0 Å². The van der Waals surface area contributed by atoms with Gasteiger partial charge in [-0.15, -0.1) is 4.91 Å². The van der Waals surface area contributed by atoms with Crippen molar-refractivity contribution < 1.29 is 8.42 Å². The third-order valence-electron chi connectivity index (χ3n) is 2.71. The molecular weight excluding hydrogens is 264 g/mol. The molecule has 98 valence electrons. The summed E-state index contributed by atoms with van der Waals surface area (Å²) in [6, 6.07) is 9.39. The van der Waals surface area contributed by atoms with Crippen LogP contribution >= 0.6 is 0 Å². The maximum atomic E-state index is 12.4. The molecule has 0 aliphatic carbocycles. The van der Waals surface area contributed by atoms with Crippen LogP contribution in [-0.4, -0.2) is 13.4 Å². The molecule has 1 aromatic carbocycles. The summed E-state index contributed by atoms with van der Waals surface area (Å²) >= 11 is 0. The van der Waals surface area contributed by atoms with Crippen LogP contribution in [0, 0.1) is 11.8 Å². The zero-order valence-electron chi connectivity index (χ0n) is 10.2. The Morgan fingerprint density at radius 3 is 2.37 bits per heavy atom. The molecule has 0 N–H and O–H groups in total. The maximum absolute atomic E-state index is 12.4. The molecule has 0 saturated heterocycles. The Balaban J connectivity index is 2.48. The van der Waals surface area contributed by atoms with Crippen molar-refractivity contribution >= 4 is 9.84 Å². The van der Waals surface area contributed by atoms with Gasteiger partial charge in [-0.3, -0.25) is 4.98 Å². The van der Waals surface area contributed by atoms with Gasteiger partial charge in [0, 0.05) is 18.0 Å². The van der Waals surface area contributed by atoms with Crippen molar-refractivity contribution in [1.29, 1.82) is 0 Å². The van der Waals surface area contributed by atoms with Gasteiger partial charge in [-0.1, -0.05) is 23.8 Å². The molecule has 5 nitrogen and oxygen atoms in total. The third kappa shape index (κ3) is 2.68. The molecule has 0 radical (unpaired) electrons. The van der Waals surface area contributed by atoms with Gasteiger partial charge < -0.3 is 0 Å². The summed E-state index contributed by atoms with van der Waals surface area (Å²) in [5, 5.41) is 1.28. The summed E-state index contributed by atoms with van der Waals surface area (Å²) in [5.41, 5.74) is 1.20. The standard InChI is InChI=1S/C13H12N2O3S/c1-10-4-6-12(7-5-10)19(17,18)13(15-16)11-3-2-8-14-9-11/h2-9,13H,1H3. The van der Waals surface area contributed by atoms with E-state index in [9.17, 15) is 13.3 Å². The van der Waals surface area contributed by atoms with Crippen LogP contribution in [0.3, 0.4) is 0 Å². The molecular formula is C13H12N2O3S. The van der Waals surface area contributed by atoms with E-state index in [0.29, 0.717) is 0 Å². The molecule has 1 atom stereocenters. The van der Waals surface area contributed by atoms with E-state index < -0.39 is 15.2 Å². The van der Waals surface area contributed by atoms with Gasteiger partial charge in [0.05, 0.1) is 4.90 Å². The summed E-state index contributed by atoms with van der Waals surface area (Å²) < 4.78 is 24.7. The topological polar surface area (TPSA) is 76.5 Å². The van der Waals surface area contributed by atoms with Crippen molar-refractivity contribution in [2.24, 2.45) is 5.18 Å². The molecule has 0 aliphatic heterocycles. The molecule has 0 amide bonds. The number of aryl methyl sites for hydroxylation is 1. The molecule has 2 rings (SSSR count). The highest BCUT2D eigenvalue weighted by Crippen LogP contribution is 2.29. The molecule has 0 bridgehead atoms. The Morgan fingerprint density at radius 1 is 1.16 bits per heavy atom. The fourth-order valence-corrected chi connectivity index (χ4v) is 3.06. The van der Waals surface area contributed by atoms with E-state index in [-0.39, 0.29) is 10.5 Å². The summed E-state index contributed by atoms with van der Waals surface area (Å²) in [6.07, 6.45) is 2.83. The average molecular weight is 276 g/mol. The van der Waals surface area contributed by atoms with Gasteiger partial charge in [0.25, 0.3) is 0 Å². The lowest BCUT2D eigenvalue weighted by molar-refractivity contribution is 0.583. The highest BCUT2D eigenvalue weighted by Gasteiger charge is 2.30. The summed E-state index contributed by atoms with van der Waals surface area (Å²) in [7, 11) is -3.84. The van der Waals surface area contributed by atoms with Crippen LogP contribution in [0.4, 0.5) is 0 Å². The van der Waals surface area contributed by atoms with Crippen LogP contribution in [-0.2, 0) is 9.84 Å². The first-order valence-corrected chi connectivity index (χ1v) is 7.13. The molecule has 1 heterocycles. The predicted octanol–water partition coefficient (Wildman–Crippen LogP) is 2.63. The van der Waals surface area contributed by atoms with E-state index in [4.69, 9.17) is 0 Å². The van der Waals surface area contributed by atoms with Gasteiger partial charge in [-0.2, -0.15) is 0 Å². The number of aromatic nitrogens is 1. The van der Waals surface area contributed by atoms with E-state index in [1.54, 1.807) is 18.2 Å². The van der Waals surface area contributed by atoms with Crippen molar-refractivity contribution in [3.05, 3.63) is 64.8 Å². The molecule has 2 aromatic rings. The van der Waals surface area contributed by atoms with Gasteiger partial charge in [0.1, 0.15) is 0 Å². The SMILES string of the molecule is Cc1ccc(S(=O)(=O)C(N=O)c2cccnc2)cc1. The molecule has 0 aliphatic rings. The Kier molecular flexibility index (Phi) is 3.71. The Labute approximate surface area is 111 Å². The van der Waals surface area contributed by atoms with E-state index >= 15 is 0 Å². The lowest BCUT2D eigenvalue weighted by atomic mass is 10.2. The van der Waals surface area contributed by atoms with Crippen molar-refractivity contribution in [2.45, 2.75) is 17.2 Å². The van der Waals surface area contributed by atoms with E-state index in [1.165, 1.54) is 30.6 Å². The van der Waals surface area contributed by atoms with Crippen LogP contribution in [0.15, 0.2) is 58.9 Å². The molecule has 1 unspecified atom stereocenters. The van der Waals surface area contributed by atoms with E-state index in [0.717, 1.165) is 5.56 Å². The summed E-state index contributed by atoms with van der Waals surface area (Å²) in [5.74, 6) is 0. The van der Waals surface area contributed by atoms with Crippen molar-refractivity contribution in [2.75, 3.05) is 0 Å². The Bertz CT molecular complexity index is 667. The first kappa shape index (κ1) is 13.4. The summed E-state index contributed by atoms with van der Waals surface area (Å²) in [6.45, 7) is 1.85. The first-order valence-electron chi connectivity index (χ1n) is 5.58. The van der Waals surface area contributed by atoms with Crippen molar-refractivity contribution in [1.82, 2.24) is 4.98 Å². The number of sulfone groups is 1. The number of nitrogens with zero attached hydrogens (tertiary/aromatic N) is 2. The van der Waals surface area contributed by atoms with E-state index in [1.807, 2.05) is 6.92 Å². The molecule has 0 fully saturated rings. The maximum Gasteiger partial charge on any atom is 0.223 e. The fourth-order valence-electron chi connectivity index (χ4n) is 1.68. The largest absolute Gasteiger partial charge is 0.264 e. The van der Waals surface area contributed by atoms with Gasteiger partial charge in [-0.25, -0.2) is 8.42 Å². The molecule has 0 saturated carbocycles. The quantitative estimate of drug-likeness (QED) is 0.804. The van der Waals surface area contributed by atoms with Gasteiger partial charge in [-0.05, 0) is 30.3 Å². The fraction of sp³-hybridized carbons (Fsp3) is 0.154. The number of pyridine rings is 1. The minimum absolute atomic E-state index is 0.0755. The number of hydrogen-bond acceptors (Lipinski definition) is 5. The zero-order valence-corrected chi connectivity index (χ0v) is 11.0. The molecule has 0 spiro atoms. The van der Waals surface area contributed by atoms with Gasteiger partial charge in [0.2, 0.25) is 15.2 Å². The van der Waals surface area contributed by atoms with Crippen molar-refractivity contribution in [3.63, 3.8) is 0 Å². The van der Waals surface area contributed by atoms with Crippen LogP contribution in [0.5, 0.6) is 0 Å². The second kappa shape index (κ2) is 5.27. The second-order valence-corrected chi connectivity index (χ2v) is 6.11. The normalized spacial score (nSPS) is 12.9. The monoisotopic (exact) mass is 276 g/mol. The second-order valence-electron chi connectivity index (χ2n) is 4.10. The van der Waals surface area contributed by atoms with Gasteiger partial charge in [0.15, 0.2) is 0 Å². The highest BCUT2D eigenvalue weighted by molar-refractivity contribution is 7.91. The van der Waals surface area contributed by atoms with Crippen LogP contribution in [0.25, 0.3) is 0 Å². The van der Waals surface area contributed by atoms with Crippen LogP contribution < -0.4 is 0 Å². The number of nitroso groups, excluding NO2 is 1. The first-order chi connectivity index (χ1) is 9.05. The minimum Gasteiger partial charge on any atom is -0.264 e. The zero-order chi connectivity index (χ0) is 13.9. The van der Waals surface area contributed by atoms with Crippen LogP contribution in [0.2, 0.25) is 0 Å². The molecule has 1 aromatic heterocycles. The third-order valence-corrected chi connectivity index (χ3v) is 4.58. The Morgan fingerprint density at radius 2 is 1.84 bits per heavy atom. The molecule has 19 heavy (non-hydrogen) atoms. The lowest BCUT2D eigenvalue weighted by Crippen LogP contribution is -2.11. The van der Waals surface area contributed by atoms with Crippen LogP contribution in [0.1, 0.15) is 16.5 Å². The average Bonchev–Trinajstić information content (AvgIpc) is 2.41. The molecule has 6 heteroatoms. The number of benzene rings is 1. The summed E-state index contributed by atoms with van der Waals surface area (Å²) in [4.78, 5) is 14.8.